The molecule has 152 valence electrons. The lowest BCUT2D eigenvalue weighted by atomic mass is 10.0. The van der Waals surface area contributed by atoms with Gasteiger partial charge in [-0.15, -0.1) is 0 Å². The molecule has 1 amide bonds. The number of carbonyl (C=O) groups is 1. The van der Waals surface area contributed by atoms with E-state index < -0.39 is 5.54 Å². The van der Waals surface area contributed by atoms with Gasteiger partial charge in [0.05, 0.1) is 22.6 Å². The van der Waals surface area contributed by atoms with Crippen molar-refractivity contribution in [2.45, 2.75) is 38.1 Å². The quantitative estimate of drug-likeness (QED) is 0.717. The van der Waals surface area contributed by atoms with Crippen molar-refractivity contribution >= 4 is 17.4 Å². The van der Waals surface area contributed by atoms with Gasteiger partial charge in [-0.05, 0) is 75.1 Å². The number of amides is 1. The number of halogens is 1. The molecule has 0 bridgehead atoms. The Morgan fingerprint density at radius 2 is 1.90 bits per heavy atom. The fourth-order valence-electron chi connectivity index (χ4n) is 4.01. The minimum Gasteiger partial charge on any atom is -0.341 e. The summed E-state index contributed by atoms with van der Waals surface area (Å²) in [6.45, 7) is 2.77. The Kier molecular flexibility index (Phi) is 4.46. The third kappa shape index (κ3) is 3.40. The van der Waals surface area contributed by atoms with Gasteiger partial charge in [0.15, 0.2) is 0 Å². The van der Waals surface area contributed by atoms with E-state index >= 15 is 0 Å². The van der Waals surface area contributed by atoms with Crippen LogP contribution >= 0.6 is 0 Å². The number of nitrogens with one attached hydrogen (secondary N) is 1. The molecular formula is C23H22FN5O. The van der Waals surface area contributed by atoms with Crippen molar-refractivity contribution in [3.05, 3.63) is 77.3 Å². The zero-order valence-electron chi connectivity index (χ0n) is 16.7. The summed E-state index contributed by atoms with van der Waals surface area (Å²) in [5.74, 6) is 1.06. The van der Waals surface area contributed by atoms with Crippen molar-refractivity contribution < 1.29 is 9.18 Å². The second-order valence-electron chi connectivity index (χ2n) is 7.92. The molecule has 1 N–H and O–H groups in total. The molecule has 1 aromatic carbocycles. The van der Waals surface area contributed by atoms with E-state index in [1.165, 1.54) is 24.3 Å². The van der Waals surface area contributed by atoms with Crippen LogP contribution in [0.15, 0.2) is 48.7 Å². The van der Waals surface area contributed by atoms with E-state index in [1.54, 1.807) is 6.20 Å². The first kappa shape index (κ1) is 18.7. The number of anilines is 2. The van der Waals surface area contributed by atoms with Gasteiger partial charge < -0.3 is 10.2 Å². The standard InChI is InChI=1S/C23H22FN5O/c1-15-25-13-10-21(26-15)29-14-2-3-18-19(29)8-9-20(27-18)23(11-12-23)28-22(30)16-4-6-17(24)7-5-16/h4-10,13H,2-3,11-12,14H2,1H3,(H,28,30). The molecule has 0 spiro atoms. The molecule has 1 saturated carbocycles. The highest BCUT2D eigenvalue weighted by Crippen LogP contribution is 2.46. The number of carbonyl (C=O) groups excluding carboxylic acids is 1. The molecule has 0 unspecified atom stereocenters. The van der Waals surface area contributed by atoms with Gasteiger partial charge in [-0.1, -0.05) is 0 Å². The predicted molar refractivity (Wildman–Crippen MR) is 111 cm³/mol. The van der Waals surface area contributed by atoms with E-state index in [9.17, 15) is 9.18 Å². The minimum atomic E-state index is -0.436. The van der Waals surface area contributed by atoms with Crippen LogP contribution < -0.4 is 10.2 Å². The average molecular weight is 403 g/mol. The Labute approximate surface area is 174 Å². The second-order valence-corrected chi connectivity index (χ2v) is 7.92. The number of nitrogens with zero attached hydrogens (tertiary/aromatic N) is 4. The zero-order chi connectivity index (χ0) is 20.7. The maximum Gasteiger partial charge on any atom is 0.252 e. The monoisotopic (exact) mass is 403 g/mol. The lowest BCUT2D eigenvalue weighted by Crippen LogP contribution is -2.36. The van der Waals surface area contributed by atoms with Crippen LogP contribution in [0, 0.1) is 12.7 Å². The lowest BCUT2D eigenvalue weighted by Gasteiger charge is -2.30. The van der Waals surface area contributed by atoms with E-state index in [2.05, 4.69) is 26.3 Å². The fourth-order valence-corrected chi connectivity index (χ4v) is 4.01. The Hall–Kier alpha value is -3.35. The summed E-state index contributed by atoms with van der Waals surface area (Å²) >= 11 is 0. The summed E-state index contributed by atoms with van der Waals surface area (Å²) in [6, 6.07) is 11.6. The number of aromatic nitrogens is 3. The molecular weight excluding hydrogens is 381 g/mol. The topological polar surface area (TPSA) is 71.0 Å². The first-order valence-corrected chi connectivity index (χ1v) is 10.2. The molecule has 6 nitrogen and oxygen atoms in total. The van der Waals surface area contributed by atoms with Gasteiger partial charge in [0.2, 0.25) is 0 Å². The molecule has 1 aliphatic heterocycles. The van der Waals surface area contributed by atoms with Crippen LogP contribution in [-0.4, -0.2) is 27.4 Å². The number of hydrogen-bond acceptors (Lipinski definition) is 5. The highest BCUT2D eigenvalue weighted by Gasteiger charge is 2.47. The van der Waals surface area contributed by atoms with Gasteiger partial charge in [-0.25, -0.2) is 14.4 Å². The molecule has 0 saturated heterocycles. The summed E-state index contributed by atoms with van der Waals surface area (Å²) in [5, 5.41) is 3.12. The molecule has 5 rings (SSSR count). The van der Waals surface area contributed by atoms with Crippen LogP contribution in [0.4, 0.5) is 15.9 Å². The smallest absolute Gasteiger partial charge is 0.252 e. The largest absolute Gasteiger partial charge is 0.341 e. The van der Waals surface area contributed by atoms with E-state index in [0.717, 1.165) is 60.9 Å². The van der Waals surface area contributed by atoms with Gasteiger partial charge in [-0.2, -0.15) is 0 Å². The third-order valence-corrected chi connectivity index (χ3v) is 5.77. The molecule has 30 heavy (non-hydrogen) atoms. The van der Waals surface area contributed by atoms with Gasteiger partial charge in [0.1, 0.15) is 17.5 Å². The second kappa shape index (κ2) is 7.16. The molecule has 7 heteroatoms. The Morgan fingerprint density at radius 3 is 2.63 bits per heavy atom. The maximum atomic E-state index is 13.1. The van der Waals surface area contributed by atoms with Crippen LogP contribution in [0.2, 0.25) is 0 Å². The summed E-state index contributed by atoms with van der Waals surface area (Å²) in [6.07, 6.45) is 5.35. The van der Waals surface area contributed by atoms with Crippen LogP contribution in [0.5, 0.6) is 0 Å². The number of hydrogen-bond donors (Lipinski definition) is 1. The number of benzene rings is 1. The molecule has 3 aromatic rings. The number of pyridine rings is 1. The highest BCUT2D eigenvalue weighted by atomic mass is 19.1. The Balaban J connectivity index is 1.41. The average Bonchev–Trinajstić information content (AvgIpc) is 3.54. The molecule has 2 aliphatic rings. The van der Waals surface area contributed by atoms with Gasteiger partial charge in [-0.3, -0.25) is 9.78 Å². The van der Waals surface area contributed by atoms with Crippen molar-refractivity contribution in [3.8, 4) is 0 Å². The molecule has 3 heterocycles. The molecule has 1 fully saturated rings. The van der Waals surface area contributed by atoms with Gasteiger partial charge in [0, 0.05) is 18.3 Å². The van der Waals surface area contributed by atoms with E-state index in [1.807, 2.05) is 19.1 Å². The van der Waals surface area contributed by atoms with E-state index in [-0.39, 0.29) is 11.7 Å². The van der Waals surface area contributed by atoms with Crippen molar-refractivity contribution in [1.29, 1.82) is 0 Å². The number of aryl methyl sites for hydroxylation is 2. The van der Waals surface area contributed by atoms with Crippen molar-refractivity contribution in [2.75, 3.05) is 11.4 Å². The van der Waals surface area contributed by atoms with E-state index in [0.29, 0.717) is 5.56 Å². The first-order chi connectivity index (χ1) is 14.5. The van der Waals surface area contributed by atoms with Crippen LogP contribution in [0.3, 0.4) is 0 Å². The summed E-state index contributed by atoms with van der Waals surface area (Å²) in [7, 11) is 0. The third-order valence-electron chi connectivity index (χ3n) is 5.77. The van der Waals surface area contributed by atoms with Gasteiger partial charge in [0.25, 0.3) is 5.91 Å². The predicted octanol–water partition coefficient (Wildman–Crippen LogP) is 3.82. The Morgan fingerprint density at radius 1 is 1.10 bits per heavy atom. The van der Waals surface area contributed by atoms with Crippen molar-refractivity contribution in [1.82, 2.24) is 20.3 Å². The summed E-state index contributed by atoms with van der Waals surface area (Å²) in [5.41, 5.74) is 2.98. The van der Waals surface area contributed by atoms with E-state index in [4.69, 9.17) is 4.98 Å². The van der Waals surface area contributed by atoms with Crippen LogP contribution in [0.25, 0.3) is 0 Å². The number of fused-ring (bicyclic) bond motifs is 1. The highest BCUT2D eigenvalue weighted by molar-refractivity contribution is 5.95. The van der Waals surface area contributed by atoms with Crippen LogP contribution in [-0.2, 0) is 12.0 Å². The SMILES string of the molecule is Cc1nccc(N2CCCc3nc(C4(NC(=O)c5ccc(F)cc5)CC4)ccc32)n1. The fraction of sp³-hybridized carbons (Fsp3) is 0.304. The minimum absolute atomic E-state index is 0.204. The lowest BCUT2D eigenvalue weighted by molar-refractivity contribution is 0.0929. The van der Waals surface area contributed by atoms with Gasteiger partial charge >= 0.3 is 0 Å². The van der Waals surface area contributed by atoms with Crippen LogP contribution in [0.1, 0.15) is 46.8 Å². The number of rotatable bonds is 4. The summed E-state index contributed by atoms with van der Waals surface area (Å²) in [4.78, 5) is 28.5. The Bertz CT molecular complexity index is 1110. The first-order valence-electron chi connectivity index (χ1n) is 10.2. The molecule has 0 radical (unpaired) electrons. The van der Waals surface area contributed by atoms with Crippen molar-refractivity contribution in [3.63, 3.8) is 0 Å². The zero-order valence-corrected chi connectivity index (χ0v) is 16.7. The maximum absolute atomic E-state index is 13.1. The van der Waals surface area contributed by atoms with Crippen molar-refractivity contribution in [2.24, 2.45) is 0 Å². The summed E-state index contributed by atoms with van der Waals surface area (Å²) < 4.78 is 13.1. The molecule has 1 aliphatic carbocycles. The normalized spacial score (nSPS) is 16.7. The molecule has 0 atom stereocenters. The molecule has 2 aromatic heterocycles.